The number of nitrogens with one attached hydrogen (secondary N) is 1. The molecule has 1 atom stereocenters. The van der Waals surface area contributed by atoms with E-state index in [-0.39, 0.29) is 6.42 Å². The highest BCUT2D eigenvalue weighted by molar-refractivity contribution is 5.96. The number of furan rings is 1. The Hall–Kier alpha value is -2.71. The normalized spacial score (nSPS) is 16.2. The molecule has 1 aliphatic rings. The van der Waals surface area contributed by atoms with E-state index >= 15 is 0 Å². The molecule has 0 aliphatic carbocycles. The number of hydrogen-bond acceptors (Lipinski definition) is 6. The SMILES string of the molecule is O=C(N[C@@H](Cc1ccncc1)C(=O)O)c1coc(CN2CCOCC2)c1. The van der Waals surface area contributed by atoms with Gasteiger partial charge in [0.25, 0.3) is 5.91 Å². The molecule has 2 aromatic heterocycles. The van der Waals surface area contributed by atoms with E-state index in [9.17, 15) is 14.7 Å². The van der Waals surface area contributed by atoms with Gasteiger partial charge in [-0.25, -0.2) is 4.79 Å². The predicted octanol–water partition coefficient (Wildman–Crippen LogP) is 0.933. The van der Waals surface area contributed by atoms with Crippen molar-refractivity contribution in [1.82, 2.24) is 15.2 Å². The number of carboxylic acids is 1. The number of aliphatic carboxylic acids is 1. The third kappa shape index (κ3) is 4.90. The number of morpholine rings is 1. The van der Waals surface area contributed by atoms with Crippen LogP contribution in [0.4, 0.5) is 0 Å². The Morgan fingerprint density at radius 2 is 2.00 bits per heavy atom. The van der Waals surface area contributed by atoms with Gasteiger partial charge in [0, 0.05) is 31.9 Å². The van der Waals surface area contributed by atoms with E-state index in [1.807, 2.05) is 0 Å². The minimum Gasteiger partial charge on any atom is -0.480 e. The summed E-state index contributed by atoms with van der Waals surface area (Å²) in [4.78, 5) is 29.9. The zero-order chi connectivity index (χ0) is 18.4. The standard InChI is InChI=1S/C18H21N3O5/c22-17(20-16(18(23)24)9-13-1-3-19-4-2-13)14-10-15(26-12-14)11-21-5-7-25-8-6-21/h1-4,10,12,16H,5-9,11H2,(H,20,22)(H,23,24)/t16-/m0/s1. The maximum absolute atomic E-state index is 12.4. The first-order chi connectivity index (χ1) is 12.6. The van der Waals surface area contributed by atoms with Crippen LogP contribution in [-0.4, -0.2) is 59.2 Å². The lowest BCUT2D eigenvalue weighted by Gasteiger charge is -2.25. The first kappa shape index (κ1) is 18.1. The lowest BCUT2D eigenvalue weighted by Crippen LogP contribution is -2.42. The maximum Gasteiger partial charge on any atom is 0.326 e. The summed E-state index contributed by atoms with van der Waals surface area (Å²) in [5, 5.41) is 11.9. The molecule has 3 rings (SSSR count). The second-order valence-corrected chi connectivity index (χ2v) is 6.11. The Labute approximate surface area is 150 Å². The summed E-state index contributed by atoms with van der Waals surface area (Å²) in [6.45, 7) is 3.59. The first-order valence-corrected chi connectivity index (χ1v) is 8.42. The Morgan fingerprint density at radius 3 is 2.69 bits per heavy atom. The van der Waals surface area contributed by atoms with Crippen molar-refractivity contribution < 1.29 is 23.8 Å². The fraction of sp³-hybridized carbons (Fsp3) is 0.389. The van der Waals surface area contributed by atoms with Gasteiger partial charge >= 0.3 is 5.97 Å². The zero-order valence-electron chi connectivity index (χ0n) is 14.3. The van der Waals surface area contributed by atoms with Crippen molar-refractivity contribution in [2.75, 3.05) is 26.3 Å². The van der Waals surface area contributed by atoms with Gasteiger partial charge in [0.2, 0.25) is 0 Å². The minimum absolute atomic E-state index is 0.183. The molecule has 0 radical (unpaired) electrons. The van der Waals surface area contributed by atoms with Crippen molar-refractivity contribution in [1.29, 1.82) is 0 Å². The van der Waals surface area contributed by atoms with E-state index in [0.717, 1.165) is 18.7 Å². The second-order valence-electron chi connectivity index (χ2n) is 6.11. The molecule has 0 saturated carbocycles. The second kappa shape index (κ2) is 8.59. The average molecular weight is 359 g/mol. The van der Waals surface area contributed by atoms with Crippen LogP contribution < -0.4 is 5.32 Å². The van der Waals surface area contributed by atoms with Crippen molar-refractivity contribution >= 4 is 11.9 Å². The number of carboxylic acid groups (broad SMARTS) is 1. The van der Waals surface area contributed by atoms with E-state index in [1.54, 1.807) is 30.6 Å². The summed E-state index contributed by atoms with van der Waals surface area (Å²) in [5.74, 6) is -0.895. The lowest BCUT2D eigenvalue weighted by molar-refractivity contribution is -0.139. The predicted molar refractivity (Wildman–Crippen MR) is 91.6 cm³/mol. The fourth-order valence-electron chi connectivity index (χ4n) is 2.76. The molecule has 2 aromatic rings. The van der Waals surface area contributed by atoms with Crippen molar-refractivity contribution in [3.8, 4) is 0 Å². The van der Waals surface area contributed by atoms with Gasteiger partial charge in [-0.1, -0.05) is 0 Å². The molecule has 0 unspecified atom stereocenters. The Morgan fingerprint density at radius 1 is 1.27 bits per heavy atom. The van der Waals surface area contributed by atoms with Gasteiger partial charge < -0.3 is 19.6 Å². The summed E-state index contributed by atoms with van der Waals surface area (Å²) >= 11 is 0. The molecule has 3 heterocycles. The highest BCUT2D eigenvalue weighted by atomic mass is 16.5. The van der Waals surface area contributed by atoms with Crippen LogP contribution in [0.3, 0.4) is 0 Å². The maximum atomic E-state index is 12.4. The molecule has 0 spiro atoms. The summed E-state index contributed by atoms with van der Waals surface area (Å²) in [5.41, 5.74) is 1.10. The molecular formula is C18H21N3O5. The van der Waals surface area contributed by atoms with E-state index < -0.39 is 17.9 Å². The minimum atomic E-state index is -1.09. The highest BCUT2D eigenvalue weighted by Gasteiger charge is 2.22. The molecule has 1 aliphatic heterocycles. The van der Waals surface area contributed by atoms with Gasteiger partial charge in [-0.15, -0.1) is 0 Å². The van der Waals surface area contributed by atoms with Crippen LogP contribution in [0.2, 0.25) is 0 Å². The van der Waals surface area contributed by atoms with Crippen LogP contribution in [0.15, 0.2) is 41.3 Å². The quantitative estimate of drug-likeness (QED) is 0.758. The van der Waals surface area contributed by atoms with Crippen molar-refractivity contribution in [2.45, 2.75) is 19.0 Å². The molecule has 8 nitrogen and oxygen atoms in total. The number of amides is 1. The largest absolute Gasteiger partial charge is 0.480 e. The molecule has 1 fully saturated rings. The van der Waals surface area contributed by atoms with E-state index in [1.165, 1.54) is 6.26 Å². The van der Waals surface area contributed by atoms with Gasteiger partial charge in [0.05, 0.1) is 25.3 Å². The Balaban J connectivity index is 1.59. The number of hydrogen-bond donors (Lipinski definition) is 2. The highest BCUT2D eigenvalue weighted by Crippen LogP contribution is 2.12. The molecule has 0 aromatic carbocycles. The van der Waals surface area contributed by atoms with Gasteiger partial charge in [-0.05, 0) is 23.8 Å². The molecule has 0 bridgehead atoms. The summed E-state index contributed by atoms with van der Waals surface area (Å²) in [6.07, 6.45) is 4.71. The lowest BCUT2D eigenvalue weighted by atomic mass is 10.1. The number of rotatable bonds is 7. The average Bonchev–Trinajstić information content (AvgIpc) is 3.11. The van der Waals surface area contributed by atoms with Gasteiger partial charge in [0.1, 0.15) is 18.1 Å². The Kier molecular flexibility index (Phi) is 5.98. The van der Waals surface area contributed by atoms with Crippen LogP contribution in [-0.2, 0) is 22.5 Å². The van der Waals surface area contributed by atoms with Gasteiger partial charge in [0.15, 0.2) is 0 Å². The van der Waals surface area contributed by atoms with Crippen LogP contribution in [0.5, 0.6) is 0 Å². The van der Waals surface area contributed by atoms with Crippen molar-refractivity contribution in [3.63, 3.8) is 0 Å². The van der Waals surface area contributed by atoms with Crippen LogP contribution in [0.25, 0.3) is 0 Å². The zero-order valence-corrected chi connectivity index (χ0v) is 14.3. The van der Waals surface area contributed by atoms with Crippen LogP contribution in [0, 0.1) is 0 Å². The molecule has 1 saturated heterocycles. The van der Waals surface area contributed by atoms with E-state index in [4.69, 9.17) is 9.15 Å². The first-order valence-electron chi connectivity index (χ1n) is 8.42. The number of carbonyl (C=O) groups excluding carboxylic acids is 1. The molecular weight excluding hydrogens is 338 g/mol. The third-order valence-electron chi connectivity index (χ3n) is 4.19. The van der Waals surface area contributed by atoms with Crippen LogP contribution in [0.1, 0.15) is 21.7 Å². The molecule has 2 N–H and O–H groups in total. The van der Waals surface area contributed by atoms with Crippen LogP contribution >= 0.6 is 0 Å². The summed E-state index contributed by atoms with van der Waals surface area (Å²) in [6, 6.07) is 4.07. The topological polar surface area (TPSA) is 105 Å². The Bertz CT molecular complexity index is 740. The van der Waals surface area contributed by atoms with Gasteiger partial charge in [-0.2, -0.15) is 0 Å². The molecule has 1 amide bonds. The summed E-state index contributed by atoms with van der Waals surface area (Å²) < 4.78 is 10.7. The number of ether oxygens (including phenoxy) is 1. The third-order valence-corrected chi connectivity index (χ3v) is 4.19. The number of carbonyl (C=O) groups is 2. The summed E-state index contributed by atoms with van der Waals surface area (Å²) in [7, 11) is 0. The monoisotopic (exact) mass is 359 g/mol. The van der Waals surface area contributed by atoms with E-state index in [2.05, 4.69) is 15.2 Å². The van der Waals surface area contributed by atoms with Gasteiger partial charge in [-0.3, -0.25) is 14.7 Å². The molecule has 138 valence electrons. The molecule has 26 heavy (non-hydrogen) atoms. The number of aromatic nitrogens is 1. The van der Waals surface area contributed by atoms with Crippen molar-refractivity contribution in [3.05, 3.63) is 53.7 Å². The number of nitrogens with zero attached hydrogens (tertiary/aromatic N) is 2. The smallest absolute Gasteiger partial charge is 0.326 e. The molecule has 8 heteroatoms. The number of pyridine rings is 1. The van der Waals surface area contributed by atoms with E-state index in [0.29, 0.717) is 31.1 Å². The fourth-order valence-corrected chi connectivity index (χ4v) is 2.76. The van der Waals surface area contributed by atoms with Crippen molar-refractivity contribution in [2.24, 2.45) is 0 Å².